The van der Waals surface area contributed by atoms with E-state index in [0.717, 1.165) is 25.7 Å². The van der Waals surface area contributed by atoms with Gasteiger partial charge in [-0.3, -0.25) is 9.59 Å². The molecule has 0 spiro atoms. The van der Waals surface area contributed by atoms with Crippen LogP contribution >= 0.6 is 0 Å². The Kier molecular flexibility index (Phi) is 6.65. The van der Waals surface area contributed by atoms with Gasteiger partial charge in [0.05, 0.1) is 35.2 Å². The van der Waals surface area contributed by atoms with Crippen LogP contribution in [0.1, 0.15) is 52.4 Å². The molecule has 0 bridgehead atoms. The van der Waals surface area contributed by atoms with Crippen LogP contribution in [0.5, 0.6) is 0 Å². The number of aliphatic carboxylic acids is 2. The fraction of sp³-hybridized carbons (Fsp3) is 0.889. The molecule has 6 N–H and O–H groups in total. The Morgan fingerprint density at radius 2 is 1.23 bits per heavy atom. The second kappa shape index (κ2) is 8.21. The average molecular weight is 372 g/mol. The number of hydrogen-bond donors (Lipinski definition) is 4. The lowest BCUT2D eigenvalue weighted by atomic mass is 9.83. The lowest BCUT2D eigenvalue weighted by Crippen LogP contribution is -2.26. The monoisotopic (exact) mass is 372 g/mol. The zero-order valence-electron chi connectivity index (χ0n) is 15.6. The maximum Gasteiger partial charge on any atom is 0.306 e. The third kappa shape index (κ3) is 5.16. The fourth-order valence-corrected chi connectivity index (χ4v) is 3.74. The molecule has 4 fully saturated rings. The van der Waals surface area contributed by atoms with Gasteiger partial charge in [-0.25, -0.2) is 0 Å². The molecule has 6 unspecified atom stereocenters. The maximum absolute atomic E-state index is 10.6. The zero-order chi connectivity index (χ0) is 19.5. The molecule has 2 heterocycles. The van der Waals surface area contributed by atoms with E-state index in [4.69, 9.17) is 31.2 Å². The largest absolute Gasteiger partial charge is 0.481 e. The minimum atomic E-state index is -0.664. The molecule has 150 valence electrons. The molecule has 0 amide bonds. The maximum atomic E-state index is 10.6. The van der Waals surface area contributed by atoms with Crippen LogP contribution in [-0.4, -0.2) is 58.7 Å². The molecule has 0 aromatic heterocycles. The van der Waals surface area contributed by atoms with E-state index in [2.05, 4.69) is 13.8 Å². The summed E-state index contributed by atoms with van der Waals surface area (Å²) in [4.78, 5) is 21.1. The lowest BCUT2D eigenvalue weighted by Gasteiger charge is -2.18. The molecule has 8 nitrogen and oxygen atoms in total. The first kappa shape index (κ1) is 21.1. The number of rotatable bonds is 3. The first-order chi connectivity index (χ1) is 12.1. The third-order valence-corrected chi connectivity index (χ3v) is 5.91. The van der Waals surface area contributed by atoms with Gasteiger partial charge in [0.15, 0.2) is 0 Å². The molecular weight excluding hydrogens is 340 g/mol. The van der Waals surface area contributed by atoms with Crippen LogP contribution < -0.4 is 11.5 Å². The Labute approximate surface area is 154 Å². The lowest BCUT2D eigenvalue weighted by molar-refractivity contribution is -0.143. The third-order valence-electron chi connectivity index (χ3n) is 5.91. The number of carbonyl (C=O) groups is 2. The van der Waals surface area contributed by atoms with Crippen LogP contribution in [-0.2, 0) is 19.1 Å². The summed E-state index contributed by atoms with van der Waals surface area (Å²) in [6, 6.07) is 0. The smallest absolute Gasteiger partial charge is 0.306 e. The highest BCUT2D eigenvalue weighted by atomic mass is 16.6. The number of hydrogen-bond acceptors (Lipinski definition) is 6. The van der Waals surface area contributed by atoms with E-state index in [-0.39, 0.29) is 35.2 Å². The number of nitrogens with two attached hydrogens (primary N) is 2. The standard InChI is InChI=1S/2C8H12O3.C2H8N2/c2*1-8-3-2-5(7(9)10)4-6(8)11-8;3-1-2-4/h2*5-6H,2-4H2,1H3,(H,9,10);1-4H2. The van der Waals surface area contributed by atoms with Gasteiger partial charge in [-0.2, -0.15) is 0 Å². The van der Waals surface area contributed by atoms with Gasteiger partial charge >= 0.3 is 11.9 Å². The molecule has 8 heteroatoms. The summed E-state index contributed by atoms with van der Waals surface area (Å²) >= 11 is 0. The molecule has 6 atom stereocenters. The first-order valence-corrected chi connectivity index (χ1v) is 9.36. The number of ether oxygens (including phenoxy) is 2. The summed E-state index contributed by atoms with van der Waals surface area (Å²) in [6.45, 7) is 5.32. The molecule has 2 saturated heterocycles. The van der Waals surface area contributed by atoms with E-state index in [1.54, 1.807) is 0 Å². The van der Waals surface area contributed by atoms with Crippen molar-refractivity contribution in [2.45, 2.75) is 75.8 Å². The van der Waals surface area contributed by atoms with Crippen molar-refractivity contribution in [2.24, 2.45) is 23.3 Å². The zero-order valence-corrected chi connectivity index (χ0v) is 15.6. The van der Waals surface area contributed by atoms with Gasteiger partial charge in [0.25, 0.3) is 0 Å². The molecule has 2 aliphatic heterocycles. The fourth-order valence-electron chi connectivity index (χ4n) is 3.74. The van der Waals surface area contributed by atoms with Crippen molar-refractivity contribution in [3.63, 3.8) is 0 Å². The molecule has 2 saturated carbocycles. The van der Waals surface area contributed by atoms with Crippen molar-refractivity contribution in [2.75, 3.05) is 13.1 Å². The van der Waals surface area contributed by atoms with E-state index < -0.39 is 11.9 Å². The normalized spacial score (nSPS) is 41.8. The van der Waals surface area contributed by atoms with E-state index in [1.165, 1.54) is 0 Å². The predicted molar refractivity (Wildman–Crippen MR) is 94.6 cm³/mol. The number of fused-ring (bicyclic) bond motifs is 2. The highest BCUT2D eigenvalue weighted by Crippen LogP contribution is 2.49. The van der Waals surface area contributed by atoms with Crippen molar-refractivity contribution >= 4 is 11.9 Å². The van der Waals surface area contributed by atoms with Crippen LogP contribution in [0.25, 0.3) is 0 Å². The molecule has 4 aliphatic rings. The molecule has 0 aromatic carbocycles. The molecule has 0 radical (unpaired) electrons. The SMILES string of the molecule is CC12CCC(C(=O)O)CC1O2.CC12CCC(C(=O)O)CC1O2.NCCN. The summed E-state index contributed by atoms with van der Waals surface area (Å²) in [7, 11) is 0. The van der Waals surface area contributed by atoms with Crippen molar-refractivity contribution in [1.29, 1.82) is 0 Å². The number of carboxylic acid groups (broad SMARTS) is 2. The van der Waals surface area contributed by atoms with Gasteiger partial charge in [0.2, 0.25) is 0 Å². The predicted octanol–water partition coefficient (Wildman–Crippen LogP) is 0.961. The van der Waals surface area contributed by atoms with E-state index in [1.807, 2.05) is 0 Å². The van der Waals surface area contributed by atoms with Gasteiger partial charge in [-0.15, -0.1) is 0 Å². The van der Waals surface area contributed by atoms with E-state index >= 15 is 0 Å². The quantitative estimate of drug-likeness (QED) is 0.535. The van der Waals surface area contributed by atoms with Crippen LogP contribution in [0.2, 0.25) is 0 Å². The molecule has 2 aliphatic carbocycles. The number of epoxide rings is 2. The van der Waals surface area contributed by atoms with Gasteiger partial charge in [-0.1, -0.05) is 0 Å². The Morgan fingerprint density at radius 1 is 0.885 bits per heavy atom. The highest BCUT2D eigenvalue weighted by molar-refractivity contribution is 5.70. The van der Waals surface area contributed by atoms with Gasteiger partial charge in [0, 0.05) is 13.1 Å². The topological polar surface area (TPSA) is 152 Å². The molecule has 26 heavy (non-hydrogen) atoms. The van der Waals surface area contributed by atoms with Gasteiger partial charge in [0.1, 0.15) is 0 Å². The van der Waals surface area contributed by atoms with Crippen LogP contribution in [0.3, 0.4) is 0 Å². The van der Waals surface area contributed by atoms with Gasteiger partial charge < -0.3 is 31.2 Å². The summed E-state index contributed by atoms with van der Waals surface area (Å²) in [5.41, 5.74) is 9.90. The second-order valence-electron chi connectivity index (χ2n) is 8.03. The Bertz CT molecular complexity index is 484. The van der Waals surface area contributed by atoms with Crippen LogP contribution in [0.4, 0.5) is 0 Å². The minimum absolute atomic E-state index is 0.0476. The summed E-state index contributed by atoms with van der Waals surface area (Å²) in [5, 5.41) is 17.4. The Hall–Kier alpha value is -1.22. The first-order valence-electron chi connectivity index (χ1n) is 9.36. The van der Waals surface area contributed by atoms with Crippen molar-refractivity contribution < 1.29 is 29.3 Å². The Balaban J connectivity index is 0.000000156. The Morgan fingerprint density at radius 3 is 1.46 bits per heavy atom. The molecule has 0 aromatic rings. The van der Waals surface area contributed by atoms with Crippen molar-refractivity contribution in [3.05, 3.63) is 0 Å². The van der Waals surface area contributed by atoms with Crippen LogP contribution in [0, 0.1) is 11.8 Å². The summed E-state index contributed by atoms with van der Waals surface area (Å²) < 4.78 is 10.8. The highest BCUT2D eigenvalue weighted by Gasteiger charge is 2.57. The second-order valence-corrected chi connectivity index (χ2v) is 8.03. The van der Waals surface area contributed by atoms with Crippen molar-refractivity contribution in [3.8, 4) is 0 Å². The van der Waals surface area contributed by atoms with E-state index in [9.17, 15) is 9.59 Å². The summed E-state index contributed by atoms with van der Waals surface area (Å²) in [6.07, 6.45) is 5.28. The molecular formula is C18H32N2O6. The molecule has 4 rings (SSSR count). The van der Waals surface area contributed by atoms with Crippen LogP contribution in [0.15, 0.2) is 0 Å². The van der Waals surface area contributed by atoms with E-state index in [0.29, 0.717) is 25.9 Å². The van der Waals surface area contributed by atoms with Crippen molar-refractivity contribution in [1.82, 2.24) is 0 Å². The average Bonchev–Trinajstić information content (AvgIpc) is 3.46. The van der Waals surface area contributed by atoms with Gasteiger partial charge in [-0.05, 0) is 52.4 Å². The number of carboxylic acids is 2. The summed E-state index contributed by atoms with van der Waals surface area (Å²) in [5.74, 6) is -1.64. The minimum Gasteiger partial charge on any atom is -0.481 e.